The van der Waals surface area contributed by atoms with Crippen molar-refractivity contribution in [3.63, 3.8) is 0 Å². The molecule has 0 spiro atoms. The van der Waals surface area contributed by atoms with Crippen LogP contribution in [0.4, 0.5) is 0 Å². The molecule has 3 nitrogen and oxygen atoms in total. The second kappa shape index (κ2) is 7.46. The number of esters is 1. The predicted octanol–water partition coefficient (Wildman–Crippen LogP) is 4.51. The molecule has 1 fully saturated rings. The molecule has 0 amide bonds. The molecule has 2 aliphatic heterocycles. The summed E-state index contributed by atoms with van der Waals surface area (Å²) in [5.41, 5.74) is 2.27. The molecule has 2 aromatic rings. The van der Waals surface area contributed by atoms with Gasteiger partial charge >= 0.3 is 5.97 Å². The minimum absolute atomic E-state index is 0.101. The molecule has 5 rings (SSSR count). The van der Waals surface area contributed by atoms with Gasteiger partial charge in [-0.15, -0.1) is 0 Å². The van der Waals surface area contributed by atoms with Gasteiger partial charge in [0.05, 0.1) is 0 Å². The van der Waals surface area contributed by atoms with E-state index in [-0.39, 0.29) is 24.0 Å². The zero-order chi connectivity index (χ0) is 17.9. The maximum Gasteiger partial charge on any atom is 0.324 e. The summed E-state index contributed by atoms with van der Waals surface area (Å²) in [6, 6.07) is 20.6. The third-order valence-corrected chi connectivity index (χ3v) is 5.68. The third kappa shape index (κ3) is 3.32. The molecule has 134 valence electrons. The molecule has 0 N–H and O–H groups in total. The predicted molar refractivity (Wildman–Crippen MR) is 102 cm³/mol. The summed E-state index contributed by atoms with van der Waals surface area (Å²) >= 11 is 0. The van der Waals surface area contributed by atoms with Gasteiger partial charge in [-0.05, 0) is 30.9 Å². The van der Waals surface area contributed by atoms with Crippen LogP contribution in [0.2, 0.25) is 0 Å². The molecule has 2 unspecified atom stereocenters. The Labute approximate surface area is 155 Å². The molecule has 2 bridgehead atoms. The average molecular weight is 347 g/mol. The van der Waals surface area contributed by atoms with Crippen LogP contribution in [0, 0.1) is 5.92 Å². The van der Waals surface area contributed by atoms with Crippen LogP contribution in [-0.4, -0.2) is 23.0 Å². The number of ether oxygens (including phenoxy) is 1. The molecule has 1 aliphatic carbocycles. The van der Waals surface area contributed by atoms with Crippen molar-refractivity contribution >= 4 is 5.97 Å². The number of piperidine rings is 1. The lowest BCUT2D eigenvalue weighted by Crippen LogP contribution is -2.57. The Balaban J connectivity index is 1.54. The van der Waals surface area contributed by atoms with E-state index in [1.54, 1.807) is 0 Å². The van der Waals surface area contributed by atoms with E-state index in [1.165, 1.54) is 5.56 Å². The van der Waals surface area contributed by atoms with Crippen LogP contribution >= 0.6 is 0 Å². The molecule has 1 saturated heterocycles. The Morgan fingerprint density at radius 1 is 1.04 bits per heavy atom. The van der Waals surface area contributed by atoms with Crippen molar-refractivity contribution in [1.82, 2.24) is 4.90 Å². The number of nitrogens with zero attached hydrogens (tertiary/aromatic N) is 1. The standard InChI is InChI=1S/C23H25NO2/c1-17(19-10-6-3-7-11-19)24-21-14-12-20(13-15-21)22(24)23(25)26-16-18-8-4-2-5-9-18/h2-12,14,17,20-22H,13,15-16H2,1H3/t17-,20?,21?,22-/m0/s1. The van der Waals surface area contributed by atoms with Crippen LogP contribution in [0.15, 0.2) is 72.8 Å². The summed E-state index contributed by atoms with van der Waals surface area (Å²) in [5.74, 6) is 0.144. The lowest BCUT2D eigenvalue weighted by atomic mass is 9.78. The summed E-state index contributed by atoms with van der Waals surface area (Å²) < 4.78 is 5.72. The number of fused-ring (bicyclic) bond motifs is 2. The fourth-order valence-electron chi connectivity index (χ4n) is 4.31. The van der Waals surface area contributed by atoms with Gasteiger partial charge in [-0.1, -0.05) is 72.8 Å². The van der Waals surface area contributed by atoms with E-state index in [0.717, 1.165) is 18.4 Å². The summed E-state index contributed by atoms with van der Waals surface area (Å²) in [7, 11) is 0. The van der Waals surface area contributed by atoms with Crippen LogP contribution in [0.1, 0.15) is 36.9 Å². The van der Waals surface area contributed by atoms with Gasteiger partial charge in [0.15, 0.2) is 0 Å². The number of rotatable bonds is 5. The summed E-state index contributed by atoms with van der Waals surface area (Å²) in [4.78, 5) is 15.4. The first-order valence-corrected chi connectivity index (χ1v) is 9.45. The molecule has 2 aromatic carbocycles. The second-order valence-electron chi connectivity index (χ2n) is 7.27. The molecular formula is C23H25NO2. The van der Waals surface area contributed by atoms with Gasteiger partial charge in [-0.25, -0.2) is 0 Å². The first-order chi connectivity index (χ1) is 12.7. The highest BCUT2D eigenvalue weighted by atomic mass is 16.5. The lowest BCUT2D eigenvalue weighted by Gasteiger charge is -2.49. The molecule has 3 aliphatic rings. The molecule has 0 saturated carbocycles. The van der Waals surface area contributed by atoms with Gasteiger partial charge in [-0.2, -0.15) is 0 Å². The minimum Gasteiger partial charge on any atom is -0.460 e. The van der Waals surface area contributed by atoms with Crippen molar-refractivity contribution in [2.45, 2.75) is 44.5 Å². The molecule has 4 atom stereocenters. The van der Waals surface area contributed by atoms with Crippen LogP contribution in [0.25, 0.3) is 0 Å². The molecule has 3 heteroatoms. The van der Waals surface area contributed by atoms with Crippen molar-refractivity contribution in [2.75, 3.05) is 0 Å². The minimum atomic E-state index is -0.197. The first-order valence-electron chi connectivity index (χ1n) is 9.45. The molecular weight excluding hydrogens is 322 g/mol. The maximum atomic E-state index is 13.0. The number of benzene rings is 2. The van der Waals surface area contributed by atoms with E-state index in [2.05, 4.69) is 48.2 Å². The quantitative estimate of drug-likeness (QED) is 0.589. The van der Waals surface area contributed by atoms with Crippen molar-refractivity contribution in [3.8, 4) is 0 Å². The summed E-state index contributed by atoms with van der Waals surface area (Å²) in [6.07, 6.45) is 6.66. The Kier molecular flexibility index (Phi) is 4.89. The van der Waals surface area contributed by atoms with Crippen molar-refractivity contribution < 1.29 is 9.53 Å². The number of carbonyl (C=O) groups excluding carboxylic acids is 1. The normalized spacial score (nSPS) is 25.8. The molecule has 26 heavy (non-hydrogen) atoms. The number of hydrogen-bond acceptors (Lipinski definition) is 3. The van der Waals surface area contributed by atoms with Gasteiger partial charge in [0, 0.05) is 18.0 Å². The Morgan fingerprint density at radius 3 is 2.38 bits per heavy atom. The van der Waals surface area contributed by atoms with E-state index >= 15 is 0 Å². The van der Waals surface area contributed by atoms with E-state index < -0.39 is 0 Å². The van der Waals surface area contributed by atoms with E-state index in [9.17, 15) is 4.79 Å². The summed E-state index contributed by atoms with van der Waals surface area (Å²) in [5, 5.41) is 0. The van der Waals surface area contributed by atoms with Gasteiger partial charge < -0.3 is 4.74 Å². The highest BCUT2D eigenvalue weighted by Crippen LogP contribution is 2.40. The highest BCUT2D eigenvalue weighted by Gasteiger charge is 2.45. The smallest absolute Gasteiger partial charge is 0.324 e. The SMILES string of the molecule is C[C@@H](c1ccccc1)N1C2C=CC(CC2)[C@H]1C(=O)OCc1ccccc1. The lowest BCUT2D eigenvalue weighted by molar-refractivity contribution is -0.158. The van der Waals surface area contributed by atoms with Crippen LogP contribution in [0.5, 0.6) is 0 Å². The van der Waals surface area contributed by atoms with Crippen LogP contribution in [-0.2, 0) is 16.1 Å². The van der Waals surface area contributed by atoms with Gasteiger partial charge in [0.1, 0.15) is 12.6 Å². The van der Waals surface area contributed by atoms with Crippen LogP contribution in [0.3, 0.4) is 0 Å². The Hall–Kier alpha value is -2.39. The van der Waals surface area contributed by atoms with Crippen molar-refractivity contribution in [1.29, 1.82) is 0 Å². The fraction of sp³-hybridized carbons (Fsp3) is 0.348. The van der Waals surface area contributed by atoms with E-state index in [4.69, 9.17) is 4.74 Å². The van der Waals surface area contributed by atoms with Gasteiger partial charge in [0.2, 0.25) is 0 Å². The van der Waals surface area contributed by atoms with E-state index in [1.807, 2.05) is 36.4 Å². The Bertz CT molecular complexity index is 771. The van der Waals surface area contributed by atoms with Gasteiger partial charge in [-0.3, -0.25) is 9.69 Å². The van der Waals surface area contributed by atoms with Crippen molar-refractivity contribution in [3.05, 3.63) is 83.9 Å². The number of hydrogen-bond donors (Lipinski definition) is 0. The van der Waals surface area contributed by atoms with E-state index in [0.29, 0.717) is 12.6 Å². The first kappa shape index (κ1) is 17.0. The largest absolute Gasteiger partial charge is 0.460 e. The molecule has 2 heterocycles. The second-order valence-corrected chi connectivity index (χ2v) is 7.27. The highest BCUT2D eigenvalue weighted by molar-refractivity contribution is 5.77. The number of carbonyl (C=O) groups is 1. The summed E-state index contributed by atoms with van der Waals surface area (Å²) in [6.45, 7) is 2.53. The zero-order valence-electron chi connectivity index (χ0n) is 15.1. The topological polar surface area (TPSA) is 29.5 Å². The Morgan fingerprint density at radius 2 is 1.73 bits per heavy atom. The fourth-order valence-corrected chi connectivity index (χ4v) is 4.31. The molecule has 0 radical (unpaired) electrons. The van der Waals surface area contributed by atoms with Crippen molar-refractivity contribution in [2.24, 2.45) is 5.92 Å². The monoisotopic (exact) mass is 347 g/mol. The van der Waals surface area contributed by atoms with Gasteiger partial charge in [0.25, 0.3) is 0 Å². The average Bonchev–Trinajstić information content (AvgIpc) is 2.73. The molecule has 0 aromatic heterocycles. The maximum absolute atomic E-state index is 13.0. The third-order valence-electron chi connectivity index (χ3n) is 5.68. The zero-order valence-corrected chi connectivity index (χ0v) is 15.1. The van der Waals surface area contributed by atoms with Crippen LogP contribution < -0.4 is 0 Å².